The Morgan fingerprint density at radius 1 is 1.00 bits per heavy atom. The molecule has 0 saturated carbocycles. The summed E-state index contributed by atoms with van der Waals surface area (Å²) in [6.07, 6.45) is 0. The predicted octanol–water partition coefficient (Wildman–Crippen LogP) is 5.35. The van der Waals surface area contributed by atoms with Gasteiger partial charge in [0.1, 0.15) is 0 Å². The molecule has 0 unspecified atom stereocenters. The molecule has 0 radical (unpaired) electrons. The molecule has 0 heterocycles. The van der Waals surface area contributed by atoms with Crippen LogP contribution in [0.25, 0.3) is 0 Å². The van der Waals surface area contributed by atoms with Crippen molar-refractivity contribution >= 4 is 72.3 Å². The number of nitrogens with two attached hydrogens (primary N) is 1. The van der Waals surface area contributed by atoms with E-state index in [1.165, 1.54) is 0 Å². The summed E-state index contributed by atoms with van der Waals surface area (Å²) in [7, 11) is 0. The topological polar surface area (TPSA) is 55.1 Å². The fraction of sp³-hybridized carbons (Fsp3) is 0. The highest BCUT2D eigenvalue weighted by atomic mass is 79.9. The van der Waals surface area contributed by atoms with Gasteiger partial charge in [-0.05, 0) is 62.2 Å². The zero-order valence-corrected chi connectivity index (χ0v) is 14.6. The van der Waals surface area contributed by atoms with Crippen LogP contribution in [0.15, 0.2) is 39.3 Å². The number of nitrogens with one attached hydrogen (secondary N) is 1. The van der Waals surface area contributed by atoms with Gasteiger partial charge >= 0.3 is 0 Å². The van der Waals surface area contributed by atoms with Crippen LogP contribution in [0, 0.1) is 0 Å². The largest absolute Gasteiger partial charge is 0.399 e. The molecule has 0 aliphatic heterocycles. The van der Waals surface area contributed by atoms with Gasteiger partial charge in [-0.2, -0.15) is 0 Å². The summed E-state index contributed by atoms with van der Waals surface area (Å²) >= 11 is 18.5. The van der Waals surface area contributed by atoms with E-state index < -0.39 is 0 Å². The number of hydrogen-bond acceptors (Lipinski definition) is 2. The van der Waals surface area contributed by atoms with Crippen molar-refractivity contribution in [3.63, 3.8) is 0 Å². The fourth-order valence-electron chi connectivity index (χ4n) is 1.58. The molecule has 0 spiro atoms. The lowest BCUT2D eigenvalue weighted by molar-refractivity contribution is 0.102. The minimum atomic E-state index is -0.319. The monoisotopic (exact) mass is 436 g/mol. The van der Waals surface area contributed by atoms with E-state index in [4.69, 9.17) is 28.9 Å². The third-order valence-electron chi connectivity index (χ3n) is 2.43. The Morgan fingerprint density at radius 3 is 2.00 bits per heavy atom. The summed E-state index contributed by atoms with van der Waals surface area (Å²) in [4.78, 5) is 12.2. The van der Waals surface area contributed by atoms with Crippen LogP contribution in [0.2, 0.25) is 10.0 Å². The van der Waals surface area contributed by atoms with E-state index in [2.05, 4.69) is 37.2 Å². The van der Waals surface area contributed by atoms with Crippen molar-refractivity contribution in [3.8, 4) is 0 Å². The SMILES string of the molecule is Nc1cc(Br)c(NC(=O)c2cc(Cl)cc(Cl)c2)c(Br)c1. The number of nitrogen functional groups attached to an aromatic ring is 1. The Balaban J connectivity index is 2.32. The van der Waals surface area contributed by atoms with E-state index in [0.717, 1.165) is 0 Å². The molecule has 2 rings (SSSR count). The molecule has 0 aromatic heterocycles. The lowest BCUT2D eigenvalue weighted by atomic mass is 10.2. The van der Waals surface area contributed by atoms with Crippen LogP contribution in [0.5, 0.6) is 0 Å². The van der Waals surface area contributed by atoms with Crippen molar-refractivity contribution in [1.29, 1.82) is 0 Å². The molecule has 1 amide bonds. The summed E-state index contributed by atoms with van der Waals surface area (Å²) < 4.78 is 1.34. The van der Waals surface area contributed by atoms with Crippen LogP contribution in [0.4, 0.5) is 11.4 Å². The first-order chi connectivity index (χ1) is 9.36. The van der Waals surface area contributed by atoms with E-state index in [1.54, 1.807) is 30.3 Å². The van der Waals surface area contributed by atoms with Gasteiger partial charge in [0.15, 0.2) is 0 Å². The first-order valence-corrected chi connectivity index (χ1v) is 7.73. The second-order valence-corrected chi connectivity index (χ2v) is 6.55. The number of carbonyl (C=O) groups excluding carboxylic acids is 1. The standard InChI is InChI=1S/C13H8Br2Cl2N2O/c14-10-4-9(18)5-11(15)12(10)19-13(20)6-1-7(16)3-8(17)2-6/h1-5H,18H2,(H,19,20). The normalized spacial score (nSPS) is 10.4. The number of hydrogen-bond donors (Lipinski definition) is 2. The van der Waals surface area contributed by atoms with Crippen molar-refractivity contribution in [1.82, 2.24) is 0 Å². The highest BCUT2D eigenvalue weighted by Crippen LogP contribution is 2.34. The van der Waals surface area contributed by atoms with Crippen LogP contribution in [0.3, 0.4) is 0 Å². The van der Waals surface area contributed by atoms with Gasteiger partial charge in [-0.1, -0.05) is 23.2 Å². The molecule has 3 N–H and O–H groups in total. The molecule has 0 bridgehead atoms. The molecule has 0 saturated heterocycles. The Labute approximate surface area is 142 Å². The number of anilines is 2. The van der Waals surface area contributed by atoms with Crippen LogP contribution in [0.1, 0.15) is 10.4 Å². The van der Waals surface area contributed by atoms with E-state index in [-0.39, 0.29) is 5.91 Å². The Kier molecular flexibility index (Phi) is 4.96. The molecule has 0 aliphatic rings. The average molecular weight is 439 g/mol. The zero-order valence-electron chi connectivity index (χ0n) is 9.88. The molecule has 2 aromatic rings. The highest BCUT2D eigenvalue weighted by Gasteiger charge is 2.13. The smallest absolute Gasteiger partial charge is 0.255 e. The number of amides is 1. The van der Waals surface area contributed by atoms with Gasteiger partial charge in [0.2, 0.25) is 0 Å². The van der Waals surface area contributed by atoms with Gasteiger partial charge in [-0.25, -0.2) is 0 Å². The van der Waals surface area contributed by atoms with E-state index in [9.17, 15) is 4.79 Å². The van der Waals surface area contributed by atoms with Crippen molar-refractivity contribution in [2.24, 2.45) is 0 Å². The molecule has 104 valence electrons. The molecule has 0 fully saturated rings. The lowest BCUT2D eigenvalue weighted by Gasteiger charge is -2.11. The molecule has 2 aromatic carbocycles. The first kappa shape index (κ1) is 15.6. The summed E-state index contributed by atoms with van der Waals surface area (Å²) in [6.45, 7) is 0. The van der Waals surface area contributed by atoms with Crippen molar-refractivity contribution in [3.05, 3.63) is 54.9 Å². The predicted molar refractivity (Wildman–Crippen MR) is 90.7 cm³/mol. The van der Waals surface area contributed by atoms with Crippen molar-refractivity contribution < 1.29 is 4.79 Å². The summed E-state index contributed by atoms with van der Waals surface area (Å²) in [5.74, 6) is -0.319. The van der Waals surface area contributed by atoms with Crippen molar-refractivity contribution in [2.45, 2.75) is 0 Å². The molecular weight excluding hydrogens is 431 g/mol. The van der Waals surface area contributed by atoms with E-state index >= 15 is 0 Å². The van der Waals surface area contributed by atoms with Gasteiger partial charge < -0.3 is 11.1 Å². The maximum absolute atomic E-state index is 12.2. The summed E-state index contributed by atoms with van der Waals surface area (Å²) in [6, 6.07) is 8.05. The average Bonchev–Trinajstić information content (AvgIpc) is 2.32. The van der Waals surface area contributed by atoms with Gasteiger partial charge in [0.05, 0.1) is 5.69 Å². The Morgan fingerprint density at radius 2 is 1.50 bits per heavy atom. The fourth-order valence-corrected chi connectivity index (χ4v) is 3.53. The van der Waals surface area contributed by atoms with Gasteiger partial charge in [0, 0.05) is 30.2 Å². The van der Waals surface area contributed by atoms with Crippen LogP contribution in [-0.4, -0.2) is 5.91 Å². The van der Waals surface area contributed by atoms with Gasteiger partial charge in [-0.3, -0.25) is 4.79 Å². The second-order valence-electron chi connectivity index (χ2n) is 3.97. The lowest BCUT2D eigenvalue weighted by Crippen LogP contribution is -2.13. The molecule has 3 nitrogen and oxygen atoms in total. The van der Waals surface area contributed by atoms with Crippen LogP contribution >= 0.6 is 55.1 Å². The van der Waals surface area contributed by atoms with E-state index in [0.29, 0.717) is 35.9 Å². The number of benzene rings is 2. The number of carbonyl (C=O) groups is 1. The third kappa shape index (κ3) is 3.67. The third-order valence-corrected chi connectivity index (χ3v) is 4.11. The quantitative estimate of drug-likeness (QED) is 0.621. The Hall–Kier alpha value is -0.750. The van der Waals surface area contributed by atoms with Gasteiger partial charge in [-0.15, -0.1) is 0 Å². The van der Waals surface area contributed by atoms with Crippen LogP contribution in [-0.2, 0) is 0 Å². The van der Waals surface area contributed by atoms with E-state index in [1.807, 2.05) is 0 Å². The highest BCUT2D eigenvalue weighted by molar-refractivity contribution is 9.11. The Bertz CT molecular complexity index is 649. The minimum Gasteiger partial charge on any atom is -0.399 e. The molecule has 0 aliphatic carbocycles. The zero-order chi connectivity index (χ0) is 14.9. The number of halogens is 4. The minimum absolute atomic E-state index is 0.319. The van der Waals surface area contributed by atoms with Gasteiger partial charge in [0.25, 0.3) is 5.91 Å². The second kappa shape index (κ2) is 6.35. The van der Waals surface area contributed by atoms with Crippen LogP contribution < -0.4 is 11.1 Å². The summed E-state index contributed by atoms with van der Waals surface area (Å²) in [5, 5.41) is 3.57. The molecule has 20 heavy (non-hydrogen) atoms. The molecule has 7 heteroatoms. The molecule has 0 atom stereocenters. The van der Waals surface area contributed by atoms with Crippen molar-refractivity contribution in [2.75, 3.05) is 11.1 Å². The molecular formula is C13H8Br2Cl2N2O. The maximum Gasteiger partial charge on any atom is 0.255 e. The first-order valence-electron chi connectivity index (χ1n) is 5.39. The summed E-state index contributed by atoms with van der Waals surface area (Å²) in [5.41, 5.74) is 7.24. The maximum atomic E-state index is 12.2. The number of rotatable bonds is 2.